The van der Waals surface area contributed by atoms with Gasteiger partial charge in [-0.05, 0) is 43.7 Å². The Labute approximate surface area is 173 Å². The van der Waals surface area contributed by atoms with Gasteiger partial charge in [0.2, 0.25) is 0 Å². The van der Waals surface area contributed by atoms with Crippen LogP contribution >= 0.6 is 0 Å². The maximum Gasteiger partial charge on any atom is 0.254 e. The second-order valence-corrected chi connectivity index (χ2v) is 7.37. The van der Waals surface area contributed by atoms with Crippen molar-refractivity contribution in [2.24, 2.45) is 0 Å². The number of benzene rings is 2. The first-order valence-electron chi connectivity index (χ1n) is 10.3. The molecule has 1 saturated heterocycles. The lowest BCUT2D eigenvalue weighted by Crippen LogP contribution is -2.40. The van der Waals surface area contributed by atoms with Crippen molar-refractivity contribution in [2.75, 3.05) is 44.7 Å². The average Bonchev–Trinajstić information content (AvgIpc) is 2.74. The van der Waals surface area contributed by atoms with E-state index in [1.54, 1.807) is 0 Å². The van der Waals surface area contributed by atoms with Crippen molar-refractivity contribution < 1.29 is 14.3 Å². The molecule has 3 rings (SSSR count). The van der Waals surface area contributed by atoms with Crippen LogP contribution in [-0.4, -0.2) is 56.3 Å². The summed E-state index contributed by atoms with van der Waals surface area (Å²) in [4.78, 5) is 14.5. The Hall–Kier alpha value is -2.57. The molecular formula is C23H31N3O3. The average molecular weight is 398 g/mol. The molecule has 2 aromatic rings. The molecule has 2 N–H and O–H groups in total. The summed E-state index contributed by atoms with van der Waals surface area (Å²) in [6.45, 7) is 8.91. The van der Waals surface area contributed by atoms with E-state index in [4.69, 9.17) is 9.47 Å². The number of carbonyl (C=O) groups excluding carboxylic acids is 1. The summed E-state index contributed by atoms with van der Waals surface area (Å²) in [7, 11) is 0. The van der Waals surface area contributed by atoms with Crippen LogP contribution in [0.2, 0.25) is 0 Å². The monoisotopic (exact) mass is 397 g/mol. The Kier molecular flexibility index (Phi) is 7.90. The zero-order chi connectivity index (χ0) is 20.5. The van der Waals surface area contributed by atoms with E-state index in [-0.39, 0.29) is 12.0 Å². The molecule has 1 aliphatic rings. The maximum absolute atomic E-state index is 12.6. The predicted octanol–water partition coefficient (Wildman–Crippen LogP) is 3.15. The second kappa shape index (κ2) is 10.8. The van der Waals surface area contributed by atoms with E-state index in [0.717, 1.165) is 42.2 Å². The first kappa shape index (κ1) is 21.1. The minimum absolute atomic E-state index is 0.0820. The number of ether oxygens (including phenoxy) is 2. The second-order valence-electron chi connectivity index (χ2n) is 7.37. The molecule has 0 aromatic heterocycles. The van der Waals surface area contributed by atoms with E-state index in [1.165, 1.54) is 0 Å². The van der Waals surface area contributed by atoms with E-state index >= 15 is 0 Å². The molecule has 6 nitrogen and oxygen atoms in total. The highest BCUT2D eigenvalue weighted by Crippen LogP contribution is 2.24. The number of rotatable bonds is 9. The number of amides is 1. The van der Waals surface area contributed by atoms with Gasteiger partial charge in [0.1, 0.15) is 5.75 Å². The highest BCUT2D eigenvalue weighted by Gasteiger charge is 2.18. The fourth-order valence-electron chi connectivity index (χ4n) is 3.25. The van der Waals surface area contributed by atoms with Gasteiger partial charge in [0, 0.05) is 38.3 Å². The summed E-state index contributed by atoms with van der Waals surface area (Å²) in [6, 6.07) is 15.8. The molecule has 156 valence electrons. The van der Waals surface area contributed by atoms with Crippen molar-refractivity contribution in [3.05, 3.63) is 59.7 Å². The first-order chi connectivity index (χ1) is 14.1. The van der Waals surface area contributed by atoms with E-state index in [2.05, 4.69) is 10.6 Å². The highest BCUT2D eigenvalue weighted by atomic mass is 16.5. The summed E-state index contributed by atoms with van der Waals surface area (Å²) < 4.78 is 11.2. The highest BCUT2D eigenvalue weighted by molar-refractivity contribution is 5.94. The van der Waals surface area contributed by atoms with Gasteiger partial charge in [-0.3, -0.25) is 4.79 Å². The van der Waals surface area contributed by atoms with Crippen LogP contribution in [0.15, 0.2) is 48.5 Å². The van der Waals surface area contributed by atoms with Crippen molar-refractivity contribution in [1.82, 2.24) is 10.2 Å². The number of nitrogens with one attached hydrogen (secondary N) is 2. The lowest BCUT2D eigenvalue weighted by atomic mass is 10.1. The molecule has 0 bridgehead atoms. The van der Waals surface area contributed by atoms with Crippen molar-refractivity contribution in [3.8, 4) is 5.75 Å². The van der Waals surface area contributed by atoms with Crippen LogP contribution in [0.1, 0.15) is 29.8 Å². The number of carbonyl (C=O) groups is 1. The number of hydrogen-bond donors (Lipinski definition) is 2. The van der Waals surface area contributed by atoms with Crippen molar-refractivity contribution in [1.29, 1.82) is 0 Å². The number of nitrogens with zero attached hydrogens (tertiary/aromatic N) is 1. The minimum Gasteiger partial charge on any atom is -0.489 e. The van der Waals surface area contributed by atoms with Crippen molar-refractivity contribution in [3.63, 3.8) is 0 Å². The van der Waals surface area contributed by atoms with Crippen molar-refractivity contribution >= 4 is 11.6 Å². The number of para-hydroxylation sites is 2. The van der Waals surface area contributed by atoms with Gasteiger partial charge in [-0.25, -0.2) is 0 Å². The molecule has 0 saturated carbocycles. The van der Waals surface area contributed by atoms with Crippen LogP contribution < -0.4 is 15.4 Å². The Morgan fingerprint density at radius 3 is 2.69 bits per heavy atom. The Morgan fingerprint density at radius 2 is 1.90 bits per heavy atom. The standard InChI is InChI=1S/C23H31N3O3/c1-18(2)29-22-9-4-3-8-21(22)25-11-10-24-17-19-6-5-7-20(16-19)23(27)26-12-14-28-15-13-26/h3-9,16,18,24-25H,10-15,17H2,1-2H3. The summed E-state index contributed by atoms with van der Waals surface area (Å²) in [5.41, 5.74) is 2.85. The zero-order valence-corrected chi connectivity index (χ0v) is 17.3. The predicted molar refractivity (Wildman–Crippen MR) is 116 cm³/mol. The number of anilines is 1. The third kappa shape index (κ3) is 6.48. The SMILES string of the molecule is CC(C)Oc1ccccc1NCCNCc1cccc(C(=O)N2CCOCC2)c1. The third-order valence-electron chi connectivity index (χ3n) is 4.67. The Morgan fingerprint density at radius 1 is 1.10 bits per heavy atom. The van der Waals surface area contributed by atoms with Gasteiger partial charge in [-0.2, -0.15) is 0 Å². The van der Waals surface area contributed by atoms with Crippen LogP contribution in [0.25, 0.3) is 0 Å². The summed E-state index contributed by atoms with van der Waals surface area (Å²) in [5.74, 6) is 0.954. The quantitative estimate of drug-likeness (QED) is 0.637. The molecule has 0 atom stereocenters. The zero-order valence-electron chi connectivity index (χ0n) is 17.3. The molecule has 0 spiro atoms. The molecule has 0 aliphatic carbocycles. The number of morpholine rings is 1. The van der Waals surface area contributed by atoms with Crippen molar-refractivity contribution in [2.45, 2.75) is 26.5 Å². The number of hydrogen-bond acceptors (Lipinski definition) is 5. The Balaban J connectivity index is 1.45. The molecule has 1 fully saturated rings. The molecule has 6 heteroatoms. The molecule has 0 radical (unpaired) electrons. The molecule has 29 heavy (non-hydrogen) atoms. The molecule has 0 unspecified atom stereocenters. The fraction of sp³-hybridized carbons (Fsp3) is 0.435. The van der Waals surface area contributed by atoms with Crippen LogP contribution in [0, 0.1) is 0 Å². The molecule has 1 aliphatic heterocycles. The Bertz CT molecular complexity index is 788. The van der Waals surface area contributed by atoms with Crippen LogP contribution in [-0.2, 0) is 11.3 Å². The lowest BCUT2D eigenvalue weighted by molar-refractivity contribution is 0.0303. The van der Waals surface area contributed by atoms with E-state index in [1.807, 2.05) is 67.3 Å². The van der Waals surface area contributed by atoms with Gasteiger partial charge in [0.05, 0.1) is 25.0 Å². The van der Waals surface area contributed by atoms with E-state index < -0.39 is 0 Å². The van der Waals surface area contributed by atoms with Gasteiger partial charge >= 0.3 is 0 Å². The molecular weight excluding hydrogens is 366 g/mol. The first-order valence-corrected chi connectivity index (χ1v) is 10.3. The molecule has 2 aromatic carbocycles. The third-order valence-corrected chi connectivity index (χ3v) is 4.67. The van der Waals surface area contributed by atoms with Gasteiger partial charge in [0.15, 0.2) is 0 Å². The topological polar surface area (TPSA) is 62.8 Å². The fourth-order valence-corrected chi connectivity index (χ4v) is 3.25. The largest absolute Gasteiger partial charge is 0.489 e. The van der Waals surface area contributed by atoms with Gasteiger partial charge in [-0.1, -0.05) is 24.3 Å². The summed E-state index contributed by atoms with van der Waals surface area (Å²) >= 11 is 0. The van der Waals surface area contributed by atoms with Crippen LogP contribution in [0.5, 0.6) is 5.75 Å². The van der Waals surface area contributed by atoms with Crippen LogP contribution in [0.3, 0.4) is 0 Å². The molecule has 1 amide bonds. The maximum atomic E-state index is 12.6. The smallest absolute Gasteiger partial charge is 0.254 e. The normalized spacial score (nSPS) is 14.1. The van der Waals surface area contributed by atoms with E-state index in [0.29, 0.717) is 26.3 Å². The minimum atomic E-state index is 0.0820. The molecule has 1 heterocycles. The summed E-state index contributed by atoms with van der Waals surface area (Å²) in [5, 5.41) is 6.85. The lowest BCUT2D eigenvalue weighted by Gasteiger charge is -2.27. The summed E-state index contributed by atoms with van der Waals surface area (Å²) in [6.07, 6.45) is 0.142. The van der Waals surface area contributed by atoms with Gasteiger partial charge in [-0.15, -0.1) is 0 Å². The van der Waals surface area contributed by atoms with Gasteiger partial charge in [0.25, 0.3) is 5.91 Å². The van der Waals surface area contributed by atoms with E-state index in [9.17, 15) is 4.79 Å². The van der Waals surface area contributed by atoms with Crippen LogP contribution in [0.4, 0.5) is 5.69 Å². The van der Waals surface area contributed by atoms with Gasteiger partial charge < -0.3 is 25.0 Å².